The smallest absolute Gasteiger partial charge is 0.246 e. The summed E-state index contributed by atoms with van der Waals surface area (Å²) in [6, 6.07) is 13.1. The summed E-state index contributed by atoms with van der Waals surface area (Å²) in [6.07, 6.45) is 1.20. The molecule has 1 amide bonds. The van der Waals surface area contributed by atoms with Gasteiger partial charge in [-0.15, -0.1) is 0 Å². The third-order valence-corrected chi connectivity index (χ3v) is 7.89. The standard InChI is InChI=1S/C22H22Cl2N4O4S/c1-27(14-20-25-21(26-32-20)15-4-6-17(23)7-5-15)22(29)16-3-2-12-28(13-16)33(30,31)19-10-8-18(24)9-11-19/h4-11,16H,2-3,12-14H2,1H3/t16-/m1/s1. The lowest BCUT2D eigenvalue weighted by molar-refractivity contribution is -0.136. The number of amides is 1. The van der Waals surface area contributed by atoms with Crippen LogP contribution in [-0.4, -0.2) is 53.8 Å². The van der Waals surface area contributed by atoms with Crippen LogP contribution in [0.3, 0.4) is 0 Å². The van der Waals surface area contributed by atoms with E-state index in [9.17, 15) is 13.2 Å². The fourth-order valence-electron chi connectivity index (χ4n) is 3.75. The van der Waals surface area contributed by atoms with Crippen molar-refractivity contribution in [2.75, 3.05) is 20.1 Å². The first-order valence-corrected chi connectivity index (χ1v) is 12.5. The van der Waals surface area contributed by atoms with Gasteiger partial charge in [0.2, 0.25) is 27.6 Å². The summed E-state index contributed by atoms with van der Waals surface area (Å²) in [7, 11) is -2.07. The number of carbonyl (C=O) groups excluding carboxylic acids is 1. The minimum atomic E-state index is -3.71. The maximum atomic E-state index is 13.1. The topological polar surface area (TPSA) is 96.6 Å². The first-order chi connectivity index (χ1) is 15.7. The van der Waals surface area contributed by atoms with E-state index in [1.165, 1.54) is 33.5 Å². The molecule has 3 aromatic rings. The number of sulfonamides is 1. The van der Waals surface area contributed by atoms with Crippen LogP contribution in [0.25, 0.3) is 11.4 Å². The van der Waals surface area contributed by atoms with Gasteiger partial charge in [-0.05, 0) is 61.4 Å². The number of benzene rings is 2. The third kappa shape index (κ3) is 5.38. The van der Waals surface area contributed by atoms with Gasteiger partial charge in [0.15, 0.2) is 0 Å². The second kappa shape index (κ2) is 9.80. The van der Waals surface area contributed by atoms with Crippen molar-refractivity contribution in [3.05, 3.63) is 64.5 Å². The number of hydrogen-bond donors (Lipinski definition) is 0. The summed E-state index contributed by atoms with van der Waals surface area (Å²) in [5.74, 6) is 0.0689. The second-order valence-corrected chi connectivity index (χ2v) is 10.7. The zero-order chi connectivity index (χ0) is 23.6. The monoisotopic (exact) mass is 508 g/mol. The van der Waals surface area contributed by atoms with Gasteiger partial charge in [0, 0.05) is 35.7 Å². The largest absolute Gasteiger partial charge is 0.337 e. The van der Waals surface area contributed by atoms with Crippen LogP contribution in [0.5, 0.6) is 0 Å². The van der Waals surface area contributed by atoms with Gasteiger partial charge in [-0.25, -0.2) is 8.42 Å². The van der Waals surface area contributed by atoms with E-state index >= 15 is 0 Å². The molecular formula is C22H22Cl2N4O4S. The van der Waals surface area contributed by atoms with Crippen molar-refractivity contribution in [2.24, 2.45) is 5.92 Å². The van der Waals surface area contributed by atoms with Crippen LogP contribution in [0.2, 0.25) is 10.0 Å². The lowest BCUT2D eigenvalue weighted by Crippen LogP contribution is -2.45. The maximum absolute atomic E-state index is 13.1. The molecule has 33 heavy (non-hydrogen) atoms. The van der Waals surface area contributed by atoms with E-state index in [-0.39, 0.29) is 29.8 Å². The molecule has 1 aliphatic rings. The van der Waals surface area contributed by atoms with Crippen LogP contribution in [0.1, 0.15) is 18.7 Å². The Balaban J connectivity index is 1.41. The molecule has 0 saturated carbocycles. The van der Waals surface area contributed by atoms with Gasteiger partial charge >= 0.3 is 0 Å². The molecule has 4 rings (SSSR count). The number of aromatic nitrogens is 2. The summed E-state index contributed by atoms with van der Waals surface area (Å²) in [5.41, 5.74) is 0.749. The van der Waals surface area contributed by atoms with Crippen molar-refractivity contribution < 1.29 is 17.7 Å². The van der Waals surface area contributed by atoms with Crippen LogP contribution in [0.15, 0.2) is 57.9 Å². The third-order valence-electron chi connectivity index (χ3n) is 5.50. The molecule has 0 bridgehead atoms. The molecule has 8 nitrogen and oxygen atoms in total. The summed E-state index contributed by atoms with van der Waals surface area (Å²) in [4.78, 5) is 19.0. The Labute approximate surface area is 202 Å². The molecule has 2 heterocycles. The molecule has 11 heteroatoms. The molecular weight excluding hydrogens is 487 g/mol. The van der Waals surface area contributed by atoms with Crippen LogP contribution in [0, 0.1) is 5.92 Å². The summed E-state index contributed by atoms with van der Waals surface area (Å²) in [6.45, 7) is 0.612. The minimum Gasteiger partial charge on any atom is -0.337 e. The lowest BCUT2D eigenvalue weighted by atomic mass is 9.98. The quantitative estimate of drug-likeness (QED) is 0.497. The zero-order valence-electron chi connectivity index (χ0n) is 17.8. The van der Waals surface area contributed by atoms with Crippen LogP contribution in [-0.2, 0) is 21.4 Å². The van der Waals surface area contributed by atoms with Gasteiger partial charge in [-0.1, -0.05) is 28.4 Å². The highest BCUT2D eigenvalue weighted by atomic mass is 35.5. The molecule has 1 saturated heterocycles. The van der Waals surface area contributed by atoms with E-state index in [4.69, 9.17) is 27.7 Å². The van der Waals surface area contributed by atoms with E-state index in [1.807, 2.05) is 0 Å². The Bertz CT molecular complexity index is 1230. The van der Waals surface area contributed by atoms with Gasteiger partial charge < -0.3 is 9.42 Å². The molecule has 0 unspecified atom stereocenters. The SMILES string of the molecule is CN(Cc1nc(-c2ccc(Cl)cc2)no1)C(=O)[C@@H]1CCCN(S(=O)(=O)c2ccc(Cl)cc2)C1. The number of rotatable bonds is 6. The van der Waals surface area contributed by atoms with Gasteiger partial charge in [-0.2, -0.15) is 9.29 Å². The van der Waals surface area contributed by atoms with Crippen molar-refractivity contribution >= 4 is 39.1 Å². The summed E-state index contributed by atoms with van der Waals surface area (Å²) < 4.78 is 32.7. The van der Waals surface area contributed by atoms with Crippen molar-refractivity contribution in [1.82, 2.24) is 19.3 Å². The Hall–Kier alpha value is -2.46. The molecule has 1 atom stereocenters. The van der Waals surface area contributed by atoms with Crippen LogP contribution < -0.4 is 0 Å². The predicted octanol–water partition coefficient (Wildman–Crippen LogP) is 4.10. The fraction of sp³-hybridized carbons (Fsp3) is 0.318. The average Bonchev–Trinajstić information content (AvgIpc) is 3.27. The average molecular weight is 509 g/mol. The molecule has 0 N–H and O–H groups in total. The molecule has 0 radical (unpaired) electrons. The normalized spacial score (nSPS) is 17.1. The van der Waals surface area contributed by atoms with Crippen molar-refractivity contribution in [2.45, 2.75) is 24.3 Å². The summed E-state index contributed by atoms with van der Waals surface area (Å²) >= 11 is 11.8. The van der Waals surface area contributed by atoms with Gasteiger partial charge in [-0.3, -0.25) is 4.79 Å². The van der Waals surface area contributed by atoms with Crippen LogP contribution in [0.4, 0.5) is 0 Å². The molecule has 2 aromatic carbocycles. The van der Waals surface area contributed by atoms with E-state index in [2.05, 4.69) is 10.1 Å². The number of hydrogen-bond acceptors (Lipinski definition) is 6. The van der Waals surface area contributed by atoms with Crippen molar-refractivity contribution in [3.8, 4) is 11.4 Å². The predicted molar refractivity (Wildman–Crippen MR) is 124 cm³/mol. The molecule has 0 spiro atoms. The maximum Gasteiger partial charge on any atom is 0.246 e. The van der Waals surface area contributed by atoms with Gasteiger partial charge in [0.05, 0.1) is 17.4 Å². The van der Waals surface area contributed by atoms with E-state index in [0.29, 0.717) is 35.3 Å². The highest BCUT2D eigenvalue weighted by molar-refractivity contribution is 7.89. The molecule has 1 aliphatic heterocycles. The summed E-state index contributed by atoms with van der Waals surface area (Å²) in [5, 5.41) is 5.03. The van der Waals surface area contributed by atoms with E-state index in [1.54, 1.807) is 31.3 Å². The Kier molecular flexibility index (Phi) is 7.04. The zero-order valence-corrected chi connectivity index (χ0v) is 20.1. The Morgan fingerprint density at radius 3 is 2.42 bits per heavy atom. The highest BCUT2D eigenvalue weighted by Crippen LogP contribution is 2.26. The molecule has 174 valence electrons. The van der Waals surface area contributed by atoms with Gasteiger partial charge in [0.25, 0.3) is 0 Å². The highest BCUT2D eigenvalue weighted by Gasteiger charge is 2.34. The van der Waals surface area contributed by atoms with Crippen molar-refractivity contribution in [1.29, 1.82) is 0 Å². The number of halogens is 2. The van der Waals surface area contributed by atoms with Gasteiger partial charge in [0.1, 0.15) is 0 Å². The second-order valence-electron chi connectivity index (χ2n) is 7.87. The molecule has 0 aliphatic carbocycles. The number of carbonyl (C=O) groups is 1. The van der Waals surface area contributed by atoms with E-state index < -0.39 is 15.9 Å². The first-order valence-electron chi connectivity index (χ1n) is 10.3. The van der Waals surface area contributed by atoms with Crippen LogP contribution >= 0.6 is 23.2 Å². The van der Waals surface area contributed by atoms with E-state index in [0.717, 1.165) is 5.56 Å². The Morgan fingerprint density at radius 1 is 1.12 bits per heavy atom. The molecule has 1 fully saturated rings. The number of piperidine rings is 1. The first kappa shape index (κ1) is 23.7. The number of nitrogens with zero attached hydrogens (tertiary/aromatic N) is 4. The molecule has 1 aromatic heterocycles. The lowest BCUT2D eigenvalue weighted by Gasteiger charge is -2.33. The Morgan fingerprint density at radius 2 is 1.76 bits per heavy atom. The van der Waals surface area contributed by atoms with Crippen molar-refractivity contribution in [3.63, 3.8) is 0 Å². The fourth-order valence-corrected chi connectivity index (χ4v) is 5.52. The minimum absolute atomic E-state index is 0.119.